The summed E-state index contributed by atoms with van der Waals surface area (Å²) in [5.74, 6) is 0.820. The van der Waals surface area contributed by atoms with Crippen LogP contribution in [0.25, 0.3) is 0 Å². The predicted octanol–water partition coefficient (Wildman–Crippen LogP) is 3.20. The first-order valence-corrected chi connectivity index (χ1v) is 3.61. The quantitative estimate of drug-likeness (QED) is 0.543. The standard InChI is InChI=1S/C9H17/c1-8(2)6-5-7-9(3)4/h6,9H,1,5,7H2,2-4H3. The van der Waals surface area contributed by atoms with E-state index in [1.54, 1.807) is 0 Å². The zero-order valence-corrected chi connectivity index (χ0v) is 6.78. The van der Waals surface area contributed by atoms with Gasteiger partial charge in [0.1, 0.15) is 0 Å². The van der Waals surface area contributed by atoms with E-state index in [0.717, 1.165) is 5.92 Å². The molecule has 0 heteroatoms. The Morgan fingerprint density at radius 1 is 1.56 bits per heavy atom. The fourth-order valence-electron chi connectivity index (χ4n) is 0.663. The lowest BCUT2D eigenvalue weighted by Crippen LogP contribution is -1.83. The van der Waals surface area contributed by atoms with Crippen LogP contribution in [-0.2, 0) is 0 Å². The van der Waals surface area contributed by atoms with Crippen LogP contribution in [0.2, 0.25) is 0 Å². The zero-order valence-electron chi connectivity index (χ0n) is 6.78. The van der Waals surface area contributed by atoms with Crippen LogP contribution in [0.3, 0.4) is 0 Å². The summed E-state index contributed by atoms with van der Waals surface area (Å²) >= 11 is 0. The molecule has 0 aromatic rings. The molecule has 0 nitrogen and oxygen atoms in total. The lowest BCUT2D eigenvalue weighted by Gasteiger charge is -1.99. The highest BCUT2D eigenvalue weighted by atomic mass is 14.0. The monoisotopic (exact) mass is 125 g/mol. The third-order valence-electron chi connectivity index (χ3n) is 1.24. The topological polar surface area (TPSA) is 0 Å². The molecule has 0 aliphatic rings. The van der Waals surface area contributed by atoms with Crippen LogP contribution < -0.4 is 0 Å². The minimum Gasteiger partial charge on any atom is -0.0856 e. The van der Waals surface area contributed by atoms with Crippen molar-refractivity contribution in [3.63, 3.8) is 0 Å². The first-order valence-electron chi connectivity index (χ1n) is 3.61. The second kappa shape index (κ2) is 4.60. The Morgan fingerprint density at radius 3 is 2.44 bits per heavy atom. The molecule has 0 unspecified atom stereocenters. The van der Waals surface area contributed by atoms with E-state index in [4.69, 9.17) is 0 Å². The predicted molar refractivity (Wildman–Crippen MR) is 43.2 cm³/mol. The number of allylic oxidation sites excluding steroid dienone is 2. The summed E-state index contributed by atoms with van der Waals surface area (Å²) in [6, 6.07) is 0. The Morgan fingerprint density at radius 2 is 2.11 bits per heavy atom. The third-order valence-corrected chi connectivity index (χ3v) is 1.24. The molecule has 0 aliphatic heterocycles. The Bertz CT molecular complexity index is 84.2. The van der Waals surface area contributed by atoms with Crippen molar-refractivity contribution in [3.8, 4) is 0 Å². The van der Waals surface area contributed by atoms with E-state index in [2.05, 4.69) is 26.8 Å². The molecule has 0 bridgehead atoms. The molecule has 0 saturated carbocycles. The molecule has 0 aromatic carbocycles. The summed E-state index contributed by atoms with van der Waals surface area (Å²) in [7, 11) is 0. The lowest BCUT2D eigenvalue weighted by molar-refractivity contribution is 0.593. The molecule has 0 amide bonds. The van der Waals surface area contributed by atoms with Gasteiger partial charge in [0.05, 0.1) is 0 Å². The van der Waals surface area contributed by atoms with E-state index in [1.165, 1.54) is 18.4 Å². The fourth-order valence-corrected chi connectivity index (χ4v) is 0.663. The van der Waals surface area contributed by atoms with Gasteiger partial charge in [0, 0.05) is 0 Å². The van der Waals surface area contributed by atoms with Crippen molar-refractivity contribution >= 4 is 0 Å². The van der Waals surface area contributed by atoms with Crippen molar-refractivity contribution in [2.24, 2.45) is 5.92 Å². The van der Waals surface area contributed by atoms with Gasteiger partial charge in [-0.3, -0.25) is 0 Å². The maximum Gasteiger partial charge on any atom is -0.0286 e. The highest BCUT2D eigenvalue weighted by Gasteiger charge is 1.89. The summed E-state index contributed by atoms with van der Waals surface area (Å²) < 4.78 is 0. The minimum atomic E-state index is 0.820. The number of hydrogen-bond acceptors (Lipinski definition) is 0. The highest BCUT2D eigenvalue weighted by molar-refractivity contribution is 5.00. The van der Waals surface area contributed by atoms with Gasteiger partial charge in [-0.15, -0.1) is 0 Å². The van der Waals surface area contributed by atoms with Crippen molar-refractivity contribution in [1.82, 2.24) is 0 Å². The molecular formula is C9H17. The molecule has 0 N–H and O–H groups in total. The number of hydrogen-bond donors (Lipinski definition) is 0. The van der Waals surface area contributed by atoms with Gasteiger partial charge < -0.3 is 0 Å². The van der Waals surface area contributed by atoms with Gasteiger partial charge in [0.2, 0.25) is 0 Å². The molecule has 1 radical (unpaired) electrons. The van der Waals surface area contributed by atoms with Gasteiger partial charge in [-0.2, -0.15) is 0 Å². The van der Waals surface area contributed by atoms with Crippen molar-refractivity contribution in [1.29, 1.82) is 0 Å². The average molecular weight is 125 g/mol. The summed E-state index contributed by atoms with van der Waals surface area (Å²) in [6.07, 6.45) is 4.67. The molecular weight excluding hydrogens is 108 g/mol. The van der Waals surface area contributed by atoms with Gasteiger partial charge in [-0.1, -0.05) is 25.5 Å². The van der Waals surface area contributed by atoms with Crippen molar-refractivity contribution < 1.29 is 0 Å². The first-order chi connectivity index (χ1) is 4.13. The SMILES string of the molecule is [CH2]C(C)=CCCC(C)C. The first kappa shape index (κ1) is 8.74. The van der Waals surface area contributed by atoms with E-state index in [9.17, 15) is 0 Å². The summed E-state index contributed by atoms with van der Waals surface area (Å²) in [6.45, 7) is 10.3. The normalized spacial score (nSPS) is 12.8. The zero-order chi connectivity index (χ0) is 7.28. The fraction of sp³-hybridized carbons (Fsp3) is 0.667. The minimum absolute atomic E-state index is 0.820. The van der Waals surface area contributed by atoms with Crippen LogP contribution in [0.5, 0.6) is 0 Å². The van der Waals surface area contributed by atoms with Crippen LogP contribution in [0.4, 0.5) is 0 Å². The second-order valence-corrected chi connectivity index (χ2v) is 3.02. The van der Waals surface area contributed by atoms with Crippen molar-refractivity contribution in [3.05, 3.63) is 18.6 Å². The second-order valence-electron chi connectivity index (χ2n) is 3.02. The van der Waals surface area contributed by atoms with Crippen LogP contribution in [0, 0.1) is 12.8 Å². The lowest BCUT2D eigenvalue weighted by atomic mass is 10.1. The molecule has 9 heavy (non-hydrogen) atoms. The molecule has 0 heterocycles. The van der Waals surface area contributed by atoms with Gasteiger partial charge in [-0.05, 0) is 32.6 Å². The van der Waals surface area contributed by atoms with E-state index in [0.29, 0.717) is 0 Å². The van der Waals surface area contributed by atoms with Crippen LogP contribution >= 0.6 is 0 Å². The number of rotatable bonds is 3. The van der Waals surface area contributed by atoms with E-state index >= 15 is 0 Å². The summed E-state index contributed by atoms with van der Waals surface area (Å²) in [4.78, 5) is 0. The molecule has 0 rings (SSSR count). The third kappa shape index (κ3) is 7.74. The van der Waals surface area contributed by atoms with Crippen LogP contribution in [-0.4, -0.2) is 0 Å². The summed E-state index contributed by atoms with van der Waals surface area (Å²) in [5, 5.41) is 0. The van der Waals surface area contributed by atoms with E-state index < -0.39 is 0 Å². The van der Waals surface area contributed by atoms with Gasteiger partial charge in [0.15, 0.2) is 0 Å². The van der Waals surface area contributed by atoms with Crippen molar-refractivity contribution in [2.75, 3.05) is 0 Å². The van der Waals surface area contributed by atoms with Gasteiger partial charge in [-0.25, -0.2) is 0 Å². The average Bonchev–Trinajstić information content (AvgIpc) is 1.63. The molecule has 0 fully saturated rings. The van der Waals surface area contributed by atoms with Crippen LogP contribution in [0.15, 0.2) is 11.6 Å². The highest BCUT2D eigenvalue weighted by Crippen LogP contribution is 2.05. The maximum atomic E-state index is 3.80. The molecule has 0 atom stereocenters. The molecule has 0 aliphatic carbocycles. The van der Waals surface area contributed by atoms with E-state index in [-0.39, 0.29) is 0 Å². The Hall–Kier alpha value is -0.260. The molecule has 0 saturated heterocycles. The maximum absolute atomic E-state index is 3.80. The molecule has 0 spiro atoms. The Kier molecular flexibility index (Phi) is 4.47. The largest absolute Gasteiger partial charge is 0.0856 e. The summed E-state index contributed by atoms with van der Waals surface area (Å²) in [5.41, 5.74) is 1.19. The Balaban J connectivity index is 3.20. The van der Waals surface area contributed by atoms with Crippen molar-refractivity contribution in [2.45, 2.75) is 33.6 Å². The molecule has 0 aromatic heterocycles. The molecule has 53 valence electrons. The van der Waals surface area contributed by atoms with E-state index in [1.807, 2.05) is 6.92 Å². The van der Waals surface area contributed by atoms with Gasteiger partial charge in [0.25, 0.3) is 0 Å². The Labute approximate surface area is 59.0 Å². The van der Waals surface area contributed by atoms with Crippen LogP contribution in [0.1, 0.15) is 33.6 Å². The van der Waals surface area contributed by atoms with Gasteiger partial charge >= 0.3 is 0 Å². The smallest absolute Gasteiger partial charge is 0.0286 e.